The van der Waals surface area contributed by atoms with Crippen LogP contribution in [0.25, 0.3) is 0 Å². The van der Waals surface area contributed by atoms with Crippen LogP contribution in [0.2, 0.25) is 0 Å². The third kappa shape index (κ3) is 3.01. The Morgan fingerprint density at radius 1 is 1.11 bits per heavy atom. The zero-order valence-corrected chi connectivity index (χ0v) is 12.5. The van der Waals surface area contributed by atoms with Gasteiger partial charge in [-0.25, -0.2) is 0 Å². The van der Waals surface area contributed by atoms with Gasteiger partial charge in [0.05, 0.1) is 0 Å². The van der Waals surface area contributed by atoms with Gasteiger partial charge in [0.15, 0.2) is 0 Å². The van der Waals surface area contributed by atoms with Gasteiger partial charge in [-0.2, -0.15) is 0 Å². The van der Waals surface area contributed by atoms with Crippen molar-refractivity contribution in [2.75, 3.05) is 13.1 Å². The average Bonchev–Trinajstić information content (AvgIpc) is 2.46. The van der Waals surface area contributed by atoms with E-state index in [4.69, 9.17) is 5.73 Å². The lowest BCUT2D eigenvalue weighted by molar-refractivity contribution is 0.0610. The molecule has 19 heavy (non-hydrogen) atoms. The number of fused-ring (bicyclic) bond motifs is 1. The van der Waals surface area contributed by atoms with Crippen LogP contribution in [0.3, 0.4) is 0 Å². The lowest BCUT2D eigenvalue weighted by Crippen LogP contribution is -2.55. The Hall–Kier alpha value is -0.860. The van der Waals surface area contributed by atoms with Gasteiger partial charge in [-0.05, 0) is 30.4 Å². The summed E-state index contributed by atoms with van der Waals surface area (Å²) in [5.41, 5.74) is 9.43. The molecule has 0 saturated heterocycles. The van der Waals surface area contributed by atoms with Crippen LogP contribution in [-0.2, 0) is 13.0 Å². The fraction of sp³-hybridized carbons (Fsp3) is 0.647. The number of nitrogens with two attached hydrogens (primary N) is 1. The molecule has 0 atom stereocenters. The Kier molecular flexibility index (Phi) is 5.00. The molecule has 1 aromatic rings. The second-order valence-corrected chi connectivity index (χ2v) is 5.87. The molecule has 0 unspecified atom stereocenters. The Bertz CT molecular complexity index is 394. The van der Waals surface area contributed by atoms with Crippen LogP contribution in [0.5, 0.6) is 0 Å². The van der Waals surface area contributed by atoms with Gasteiger partial charge < -0.3 is 5.73 Å². The summed E-state index contributed by atoms with van der Waals surface area (Å²) in [7, 11) is 0. The maximum atomic E-state index is 6.19. The lowest BCUT2D eigenvalue weighted by atomic mass is 9.84. The van der Waals surface area contributed by atoms with Crippen LogP contribution in [0.15, 0.2) is 24.3 Å². The summed E-state index contributed by atoms with van der Waals surface area (Å²) in [4.78, 5) is 2.66. The molecule has 1 aromatic carbocycles. The van der Waals surface area contributed by atoms with Crippen molar-refractivity contribution in [3.05, 3.63) is 35.4 Å². The fourth-order valence-corrected chi connectivity index (χ4v) is 3.61. The van der Waals surface area contributed by atoms with Gasteiger partial charge in [0.2, 0.25) is 0 Å². The summed E-state index contributed by atoms with van der Waals surface area (Å²) in [6.07, 6.45) is 6.05. The second-order valence-electron chi connectivity index (χ2n) is 5.87. The fourth-order valence-electron chi connectivity index (χ4n) is 3.61. The summed E-state index contributed by atoms with van der Waals surface area (Å²) in [5, 5.41) is 0. The van der Waals surface area contributed by atoms with Crippen LogP contribution in [-0.4, -0.2) is 23.5 Å². The van der Waals surface area contributed by atoms with Gasteiger partial charge in [0.25, 0.3) is 0 Å². The number of benzene rings is 1. The van der Waals surface area contributed by atoms with Crippen LogP contribution >= 0.6 is 0 Å². The Morgan fingerprint density at radius 3 is 2.32 bits per heavy atom. The predicted molar refractivity (Wildman–Crippen MR) is 82.2 cm³/mol. The maximum absolute atomic E-state index is 6.19. The van der Waals surface area contributed by atoms with Crippen molar-refractivity contribution in [3.8, 4) is 0 Å². The minimum Gasteiger partial charge on any atom is -0.329 e. The van der Waals surface area contributed by atoms with E-state index in [2.05, 4.69) is 43.0 Å². The number of nitrogens with zero attached hydrogens (tertiary/aromatic N) is 1. The minimum absolute atomic E-state index is 0.219. The largest absolute Gasteiger partial charge is 0.329 e. The predicted octanol–water partition coefficient (Wildman–Crippen LogP) is 3.34. The third-order valence-electron chi connectivity index (χ3n) is 4.61. The Balaban J connectivity index is 2.20. The highest BCUT2D eigenvalue weighted by molar-refractivity contribution is 5.29. The molecule has 2 nitrogen and oxygen atoms in total. The average molecular weight is 260 g/mol. The normalized spacial score (nSPS) is 16.4. The molecule has 0 amide bonds. The quantitative estimate of drug-likeness (QED) is 0.850. The zero-order chi connectivity index (χ0) is 13.7. The van der Waals surface area contributed by atoms with Gasteiger partial charge in [-0.3, -0.25) is 4.90 Å². The van der Waals surface area contributed by atoms with Gasteiger partial charge in [0, 0.05) is 25.2 Å². The molecule has 0 aliphatic carbocycles. The van der Waals surface area contributed by atoms with E-state index in [9.17, 15) is 0 Å². The minimum atomic E-state index is 0.219. The van der Waals surface area contributed by atoms with Crippen LogP contribution in [0.1, 0.15) is 50.7 Å². The monoisotopic (exact) mass is 260 g/mol. The summed E-state index contributed by atoms with van der Waals surface area (Å²) in [6, 6.07) is 8.87. The molecule has 1 heterocycles. The van der Waals surface area contributed by atoms with Gasteiger partial charge in [0.1, 0.15) is 0 Å². The topological polar surface area (TPSA) is 29.3 Å². The van der Waals surface area contributed by atoms with Gasteiger partial charge in [-0.1, -0.05) is 51.0 Å². The van der Waals surface area contributed by atoms with Crippen LogP contribution in [0, 0.1) is 0 Å². The highest BCUT2D eigenvalue weighted by Gasteiger charge is 2.35. The van der Waals surface area contributed by atoms with Crippen molar-refractivity contribution < 1.29 is 0 Å². The van der Waals surface area contributed by atoms with E-state index in [1.807, 2.05) is 0 Å². The van der Waals surface area contributed by atoms with E-state index >= 15 is 0 Å². The van der Waals surface area contributed by atoms with E-state index in [0.29, 0.717) is 0 Å². The molecule has 0 fully saturated rings. The maximum Gasteiger partial charge on any atom is 0.0335 e. The number of hydrogen-bond acceptors (Lipinski definition) is 2. The molecule has 0 bridgehead atoms. The van der Waals surface area contributed by atoms with Gasteiger partial charge >= 0.3 is 0 Å². The summed E-state index contributed by atoms with van der Waals surface area (Å²) < 4.78 is 0. The van der Waals surface area contributed by atoms with Crippen LogP contribution < -0.4 is 5.73 Å². The molecule has 2 heteroatoms. The first-order chi connectivity index (χ1) is 9.25. The molecular weight excluding hydrogens is 232 g/mol. The molecule has 2 rings (SSSR count). The first-order valence-corrected chi connectivity index (χ1v) is 7.77. The first kappa shape index (κ1) is 14.5. The molecule has 2 N–H and O–H groups in total. The van der Waals surface area contributed by atoms with Crippen molar-refractivity contribution >= 4 is 0 Å². The van der Waals surface area contributed by atoms with E-state index in [-0.39, 0.29) is 5.54 Å². The van der Waals surface area contributed by atoms with E-state index in [1.54, 1.807) is 0 Å². The number of hydrogen-bond donors (Lipinski definition) is 1. The molecule has 0 spiro atoms. The molecule has 0 saturated carbocycles. The highest BCUT2D eigenvalue weighted by atomic mass is 15.2. The molecule has 1 aliphatic heterocycles. The standard InChI is InChI=1S/C17H28N2/c1-3-10-17(14-18,11-4-2)19-12-9-15-7-5-6-8-16(15)13-19/h5-8H,3-4,9-14,18H2,1-2H3. The second kappa shape index (κ2) is 6.53. The third-order valence-corrected chi connectivity index (χ3v) is 4.61. The Morgan fingerprint density at radius 2 is 1.74 bits per heavy atom. The van der Waals surface area contributed by atoms with E-state index in [0.717, 1.165) is 19.6 Å². The lowest BCUT2D eigenvalue weighted by Gasteiger charge is -2.46. The van der Waals surface area contributed by atoms with Crippen molar-refractivity contribution in [2.45, 2.75) is 58.0 Å². The molecule has 0 aromatic heterocycles. The van der Waals surface area contributed by atoms with Crippen molar-refractivity contribution in [1.29, 1.82) is 0 Å². The number of rotatable bonds is 6. The SMILES string of the molecule is CCCC(CN)(CCC)N1CCc2ccccc2C1. The van der Waals surface area contributed by atoms with E-state index in [1.165, 1.54) is 43.2 Å². The van der Waals surface area contributed by atoms with Gasteiger partial charge in [-0.15, -0.1) is 0 Å². The molecule has 0 radical (unpaired) electrons. The molecule has 1 aliphatic rings. The smallest absolute Gasteiger partial charge is 0.0335 e. The van der Waals surface area contributed by atoms with Crippen molar-refractivity contribution in [1.82, 2.24) is 4.90 Å². The van der Waals surface area contributed by atoms with E-state index < -0.39 is 0 Å². The van der Waals surface area contributed by atoms with Crippen molar-refractivity contribution in [2.24, 2.45) is 5.73 Å². The summed E-state index contributed by atoms with van der Waals surface area (Å²) >= 11 is 0. The van der Waals surface area contributed by atoms with Crippen molar-refractivity contribution in [3.63, 3.8) is 0 Å². The first-order valence-electron chi connectivity index (χ1n) is 7.77. The molecular formula is C17H28N2. The summed E-state index contributed by atoms with van der Waals surface area (Å²) in [5.74, 6) is 0. The van der Waals surface area contributed by atoms with Crippen LogP contribution in [0.4, 0.5) is 0 Å². The Labute approximate surface area is 118 Å². The highest BCUT2D eigenvalue weighted by Crippen LogP contribution is 2.31. The summed E-state index contributed by atoms with van der Waals surface area (Å²) in [6.45, 7) is 7.58. The zero-order valence-electron chi connectivity index (χ0n) is 12.5. The molecule has 106 valence electrons.